The zero-order valence-corrected chi connectivity index (χ0v) is 22.0. The van der Waals surface area contributed by atoms with Gasteiger partial charge in [-0.2, -0.15) is 0 Å². The summed E-state index contributed by atoms with van der Waals surface area (Å²) in [4.78, 5) is 39.6. The molecule has 0 spiro atoms. The number of para-hydroxylation sites is 1. The number of nitrogens with one attached hydrogen (secondary N) is 1. The molecule has 1 saturated heterocycles. The molecule has 0 radical (unpaired) electrons. The number of benzene rings is 2. The summed E-state index contributed by atoms with van der Waals surface area (Å²) >= 11 is 0. The van der Waals surface area contributed by atoms with Gasteiger partial charge in [-0.05, 0) is 89.4 Å². The Kier molecular flexibility index (Phi) is 9.47. The van der Waals surface area contributed by atoms with Crippen LogP contribution in [0.25, 0.3) is 6.08 Å². The largest absolute Gasteiger partial charge is 0.481 e. The monoisotopic (exact) mass is 507 g/mol. The lowest BCUT2D eigenvalue weighted by atomic mass is 9.91. The normalized spacial score (nSPS) is 16.9. The molecule has 37 heavy (non-hydrogen) atoms. The van der Waals surface area contributed by atoms with E-state index in [1.165, 1.54) is 6.08 Å². The lowest BCUT2D eigenvalue weighted by Crippen LogP contribution is -2.47. The third kappa shape index (κ3) is 8.46. The highest BCUT2D eigenvalue weighted by Gasteiger charge is 2.26. The van der Waals surface area contributed by atoms with Gasteiger partial charge >= 0.3 is 12.1 Å². The SMILES string of the molecule is CN1CCCC1CCC(C(=O)O)c1ccc(C=CC(=O)N(NC(=O)OC(C)(C)C)c2ccccc2)cc1. The lowest BCUT2D eigenvalue weighted by Gasteiger charge is -2.25. The van der Waals surface area contributed by atoms with Gasteiger partial charge in [0.05, 0.1) is 11.6 Å². The van der Waals surface area contributed by atoms with Crippen LogP contribution in [0.3, 0.4) is 0 Å². The number of amides is 2. The Hall–Kier alpha value is -3.65. The van der Waals surface area contributed by atoms with E-state index in [4.69, 9.17) is 4.74 Å². The van der Waals surface area contributed by atoms with Crippen molar-refractivity contribution in [2.75, 3.05) is 18.6 Å². The predicted octanol–water partition coefficient (Wildman–Crippen LogP) is 5.22. The fourth-order valence-corrected chi connectivity index (χ4v) is 4.43. The van der Waals surface area contributed by atoms with Gasteiger partial charge in [0.1, 0.15) is 5.60 Å². The molecule has 2 aromatic carbocycles. The number of likely N-dealkylation sites (tertiary alicyclic amines) is 1. The molecule has 2 aromatic rings. The Bertz CT molecular complexity index is 1090. The van der Waals surface area contributed by atoms with Crippen molar-refractivity contribution in [3.05, 3.63) is 71.8 Å². The number of aliphatic carboxylic acids is 1. The zero-order chi connectivity index (χ0) is 27.0. The fourth-order valence-electron chi connectivity index (χ4n) is 4.43. The van der Waals surface area contributed by atoms with E-state index in [9.17, 15) is 19.5 Å². The van der Waals surface area contributed by atoms with Crippen LogP contribution in [0.1, 0.15) is 63.5 Å². The Morgan fingerprint density at radius 3 is 2.38 bits per heavy atom. The van der Waals surface area contributed by atoms with Gasteiger partial charge in [-0.3, -0.25) is 9.59 Å². The number of carboxylic acids is 1. The van der Waals surface area contributed by atoms with Crippen molar-refractivity contribution >= 4 is 29.7 Å². The molecule has 8 nitrogen and oxygen atoms in total. The third-order valence-corrected chi connectivity index (χ3v) is 6.35. The molecular formula is C29H37N3O5. The highest BCUT2D eigenvalue weighted by Crippen LogP contribution is 2.27. The average Bonchev–Trinajstić information content (AvgIpc) is 3.25. The number of hydrogen-bond acceptors (Lipinski definition) is 5. The first kappa shape index (κ1) is 27.9. The summed E-state index contributed by atoms with van der Waals surface area (Å²) in [7, 11) is 2.10. The van der Waals surface area contributed by atoms with Crippen molar-refractivity contribution in [1.82, 2.24) is 10.3 Å². The highest BCUT2D eigenvalue weighted by molar-refractivity contribution is 6.04. The van der Waals surface area contributed by atoms with Gasteiger partial charge < -0.3 is 14.7 Å². The molecule has 1 fully saturated rings. The number of carbonyl (C=O) groups excluding carboxylic acids is 2. The first-order valence-corrected chi connectivity index (χ1v) is 12.6. The molecule has 0 aromatic heterocycles. The minimum absolute atomic E-state index is 0.442. The van der Waals surface area contributed by atoms with E-state index in [1.54, 1.807) is 75.4 Å². The topological polar surface area (TPSA) is 99.2 Å². The van der Waals surface area contributed by atoms with Crippen LogP contribution < -0.4 is 10.4 Å². The Morgan fingerprint density at radius 2 is 1.81 bits per heavy atom. The molecule has 0 saturated carbocycles. The fraction of sp³-hybridized carbons (Fsp3) is 0.414. The van der Waals surface area contributed by atoms with Gasteiger partial charge in [0, 0.05) is 12.1 Å². The van der Waals surface area contributed by atoms with Crippen molar-refractivity contribution in [3.8, 4) is 0 Å². The minimum atomic E-state index is -0.828. The molecule has 2 amide bonds. The van der Waals surface area contributed by atoms with E-state index >= 15 is 0 Å². The zero-order valence-electron chi connectivity index (χ0n) is 22.0. The van der Waals surface area contributed by atoms with E-state index in [2.05, 4.69) is 17.4 Å². The number of anilines is 1. The van der Waals surface area contributed by atoms with E-state index in [0.717, 1.165) is 41.9 Å². The Morgan fingerprint density at radius 1 is 1.14 bits per heavy atom. The van der Waals surface area contributed by atoms with E-state index in [0.29, 0.717) is 18.2 Å². The summed E-state index contributed by atoms with van der Waals surface area (Å²) in [5.74, 6) is -1.86. The molecular weight excluding hydrogens is 470 g/mol. The maximum absolute atomic E-state index is 13.0. The van der Waals surface area contributed by atoms with E-state index < -0.39 is 29.5 Å². The van der Waals surface area contributed by atoms with Gasteiger partial charge in [0.2, 0.25) is 0 Å². The highest BCUT2D eigenvalue weighted by atomic mass is 16.6. The van der Waals surface area contributed by atoms with Gasteiger partial charge in [0.25, 0.3) is 5.91 Å². The molecule has 1 aliphatic heterocycles. The van der Waals surface area contributed by atoms with Crippen LogP contribution in [0.5, 0.6) is 0 Å². The number of nitrogens with zero attached hydrogens (tertiary/aromatic N) is 2. The summed E-state index contributed by atoms with van der Waals surface area (Å²) < 4.78 is 5.30. The van der Waals surface area contributed by atoms with Crippen LogP contribution in [0.4, 0.5) is 10.5 Å². The van der Waals surface area contributed by atoms with Crippen LogP contribution >= 0.6 is 0 Å². The smallest absolute Gasteiger partial charge is 0.427 e. The second kappa shape index (κ2) is 12.5. The molecule has 2 atom stereocenters. The number of carboxylic acid groups (broad SMARTS) is 1. The average molecular weight is 508 g/mol. The second-order valence-electron chi connectivity index (χ2n) is 10.4. The summed E-state index contributed by atoms with van der Waals surface area (Å²) in [5.41, 5.74) is 3.76. The summed E-state index contributed by atoms with van der Waals surface area (Å²) in [6, 6.07) is 16.4. The molecule has 3 rings (SSSR count). The van der Waals surface area contributed by atoms with Gasteiger partial charge in [-0.15, -0.1) is 0 Å². The number of hydrogen-bond donors (Lipinski definition) is 2. The minimum Gasteiger partial charge on any atom is -0.481 e. The Balaban J connectivity index is 1.68. The number of ether oxygens (including phenoxy) is 1. The van der Waals surface area contributed by atoms with Gasteiger partial charge in [-0.1, -0.05) is 42.5 Å². The maximum atomic E-state index is 13.0. The van der Waals surface area contributed by atoms with Crippen LogP contribution in [0.2, 0.25) is 0 Å². The molecule has 198 valence electrons. The van der Waals surface area contributed by atoms with Crippen LogP contribution in [0, 0.1) is 0 Å². The quantitative estimate of drug-likeness (QED) is 0.376. The molecule has 1 heterocycles. The summed E-state index contributed by atoms with van der Waals surface area (Å²) in [6.45, 7) is 6.30. The molecule has 0 aliphatic carbocycles. The van der Waals surface area contributed by atoms with E-state index in [1.807, 2.05) is 6.07 Å². The molecule has 2 N–H and O–H groups in total. The first-order chi connectivity index (χ1) is 17.5. The second-order valence-corrected chi connectivity index (χ2v) is 10.4. The summed E-state index contributed by atoms with van der Waals surface area (Å²) in [5, 5.41) is 10.9. The van der Waals surface area contributed by atoms with Crippen molar-refractivity contribution in [2.45, 2.75) is 64.0 Å². The van der Waals surface area contributed by atoms with Gasteiger partial charge in [0.15, 0.2) is 0 Å². The van der Waals surface area contributed by atoms with Gasteiger partial charge in [-0.25, -0.2) is 15.2 Å². The molecule has 8 heteroatoms. The van der Waals surface area contributed by atoms with Crippen molar-refractivity contribution in [2.24, 2.45) is 0 Å². The number of rotatable bonds is 8. The van der Waals surface area contributed by atoms with Crippen LogP contribution in [-0.2, 0) is 14.3 Å². The van der Waals surface area contributed by atoms with Crippen LogP contribution in [-0.4, -0.2) is 53.2 Å². The van der Waals surface area contributed by atoms with Crippen molar-refractivity contribution in [1.29, 1.82) is 0 Å². The van der Waals surface area contributed by atoms with E-state index in [-0.39, 0.29) is 0 Å². The summed E-state index contributed by atoms with van der Waals surface area (Å²) in [6.07, 6.45) is 5.94. The standard InChI is InChI=1S/C29H37N3O5/c1-29(2,3)37-28(36)30-32(24-9-6-5-7-10-24)26(33)19-14-21-12-15-22(16-13-21)25(27(34)35)18-17-23-11-8-20-31(23)4/h5-7,9-10,12-16,19,23,25H,8,11,17-18,20H2,1-4H3,(H,30,36)(H,34,35). The third-order valence-electron chi connectivity index (χ3n) is 6.35. The van der Waals surface area contributed by atoms with Crippen molar-refractivity contribution < 1.29 is 24.2 Å². The maximum Gasteiger partial charge on any atom is 0.427 e. The lowest BCUT2D eigenvalue weighted by molar-refractivity contribution is -0.139. The van der Waals surface area contributed by atoms with Crippen molar-refractivity contribution in [3.63, 3.8) is 0 Å². The Labute approximate surface area is 218 Å². The number of hydrazine groups is 1. The van der Waals surface area contributed by atoms with Crippen LogP contribution in [0.15, 0.2) is 60.7 Å². The number of carbonyl (C=O) groups is 3. The first-order valence-electron chi connectivity index (χ1n) is 12.6. The molecule has 1 aliphatic rings. The predicted molar refractivity (Wildman–Crippen MR) is 144 cm³/mol. The molecule has 0 bridgehead atoms. The molecule has 2 unspecified atom stereocenters.